The highest BCUT2D eigenvalue weighted by Gasteiger charge is 2.40. The van der Waals surface area contributed by atoms with E-state index in [1.165, 1.54) is 51.6 Å². The molecule has 2 unspecified atom stereocenters. The Labute approximate surface area is 167 Å². The van der Waals surface area contributed by atoms with E-state index in [9.17, 15) is 0 Å². The number of likely N-dealkylation sites (N-methyl/N-ethyl adjacent to an activating group) is 1. The highest BCUT2D eigenvalue weighted by molar-refractivity contribution is 14.1. The number of likely N-dealkylation sites (tertiary alicyclic amines) is 1. The Kier molecular flexibility index (Phi) is 4.32. The van der Waals surface area contributed by atoms with E-state index in [0.29, 0.717) is 11.9 Å². The molecular weight excluding hydrogens is 441 g/mol. The maximum atomic E-state index is 6.04. The van der Waals surface area contributed by atoms with Crippen molar-refractivity contribution in [3.8, 4) is 0 Å². The first-order valence-electron chi connectivity index (χ1n) is 9.72. The summed E-state index contributed by atoms with van der Waals surface area (Å²) in [6, 6.07) is 2.73. The smallest absolute Gasteiger partial charge is 0.164 e. The van der Waals surface area contributed by atoms with Crippen LogP contribution < -0.4 is 5.73 Å². The van der Waals surface area contributed by atoms with Gasteiger partial charge in [0, 0.05) is 31.2 Å². The molecule has 0 spiro atoms. The van der Waals surface area contributed by atoms with E-state index in [1.807, 2.05) is 0 Å². The van der Waals surface area contributed by atoms with E-state index < -0.39 is 0 Å². The predicted octanol–water partition coefficient (Wildman–Crippen LogP) is 2.28. The molecule has 2 aliphatic heterocycles. The summed E-state index contributed by atoms with van der Waals surface area (Å²) in [5.74, 6) is 0.534. The Bertz CT molecular complexity index is 799. The van der Waals surface area contributed by atoms with Crippen LogP contribution in [-0.4, -0.2) is 67.8 Å². The summed E-state index contributed by atoms with van der Waals surface area (Å²) in [6.45, 7) is 2.52. The first kappa shape index (κ1) is 17.1. The summed E-state index contributed by atoms with van der Waals surface area (Å²) in [5.41, 5.74) is 6.93. The molecule has 2 saturated heterocycles. The van der Waals surface area contributed by atoms with Crippen molar-refractivity contribution in [1.29, 1.82) is 0 Å². The summed E-state index contributed by atoms with van der Waals surface area (Å²) >= 11 is 2.25. The average molecular weight is 467 g/mol. The minimum absolute atomic E-state index is 0.427. The SMILES string of the molecule is CN1C2CCC1CN(C1CCC(n3nc(I)c4c(N)ncnc43)CC1)C2. The van der Waals surface area contributed by atoms with E-state index in [-0.39, 0.29) is 0 Å². The zero-order valence-corrected chi connectivity index (χ0v) is 17.3. The summed E-state index contributed by atoms with van der Waals surface area (Å²) in [7, 11) is 2.31. The molecule has 1 saturated carbocycles. The number of aromatic nitrogens is 4. The minimum Gasteiger partial charge on any atom is -0.383 e. The van der Waals surface area contributed by atoms with Crippen LogP contribution in [0.3, 0.4) is 0 Å². The van der Waals surface area contributed by atoms with Gasteiger partial charge in [-0.3, -0.25) is 9.80 Å². The van der Waals surface area contributed by atoms with Gasteiger partial charge in [-0.05, 0) is 68.2 Å². The second-order valence-electron chi connectivity index (χ2n) is 8.16. The van der Waals surface area contributed by atoms with E-state index in [1.54, 1.807) is 6.33 Å². The van der Waals surface area contributed by atoms with E-state index >= 15 is 0 Å². The molecule has 2 aromatic rings. The van der Waals surface area contributed by atoms with Gasteiger partial charge in [0.15, 0.2) is 5.65 Å². The molecule has 7 nitrogen and oxygen atoms in total. The van der Waals surface area contributed by atoms with Crippen LogP contribution in [-0.2, 0) is 0 Å². The van der Waals surface area contributed by atoms with Crippen LogP contribution in [0.1, 0.15) is 44.6 Å². The number of nitrogens with two attached hydrogens (primary N) is 1. The summed E-state index contributed by atoms with van der Waals surface area (Å²) in [6.07, 6.45) is 9.17. The van der Waals surface area contributed by atoms with Crippen molar-refractivity contribution in [2.45, 2.75) is 62.7 Å². The minimum atomic E-state index is 0.427. The second-order valence-corrected chi connectivity index (χ2v) is 9.18. The fourth-order valence-corrected chi connectivity index (χ4v) is 6.07. The molecule has 0 aromatic carbocycles. The summed E-state index contributed by atoms with van der Waals surface area (Å²) in [4.78, 5) is 14.0. The van der Waals surface area contributed by atoms with Gasteiger partial charge in [-0.2, -0.15) is 5.10 Å². The number of halogens is 1. The van der Waals surface area contributed by atoms with Crippen molar-refractivity contribution in [1.82, 2.24) is 29.5 Å². The Morgan fingerprint density at radius 2 is 1.58 bits per heavy atom. The number of nitrogens with zero attached hydrogens (tertiary/aromatic N) is 6. The van der Waals surface area contributed by atoms with Gasteiger partial charge < -0.3 is 5.73 Å². The molecule has 0 amide bonds. The molecule has 1 aliphatic carbocycles. The van der Waals surface area contributed by atoms with Crippen LogP contribution in [0.2, 0.25) is 0 Å². The fourth-order valence-electron chi connectivity index (χ4n) is 5.32. The van der Waals surface area contributed by atoms with Crippen molar-refractivity contribution < 1.29 is 0 Å². The molecule has 26 heavy (non-hydrogen) atoms. The van der Waals surface area contributed by atoms with Gasteiger partial charge in [-0.1, -0.05) is 0 Å². The lowest BCUT2D eigenvalue weighted by molar-refractivity contribution is 0.0393. The topological polar surface area (TPSA) is 76.1 Å². The standard InChI is InChI=1S/C18H26IN7/c1-24-13-6-7-14(24)9-25(8-13)11-2-4-12(5-3-11)26-18-15(16(19)23-26)17(20)21-10-22-18/h10-14H,2-9H2,1H3,(H2,20,21,22). The molecule has 3 fully saturated rings. The molecule has 2 bridgehead atoms. The number of anilines is 1. The molecule has 5 rings (SSSR count). The molecule has 140 valence electrons. The summed E-state index contributed by atoms with van der Waals surface area (Å²) < 4.78 is 3.02. The third-order valence-corrected chi connectivity index (χ3v) is 7.63. The van der Waals surface area contributed by atoms with Crippen molar-refractivity contribution >= 4 is 39.4 Å². The number of hydrogen-bond donors (Lipinski definition) is 1. The van der Waals surface area contributed by atoms with Gasteiger partial charge in [-0.25, -0.2) is 14.6 Å². The van der Waals surface area contributed by atoms with Gasteiger partial charge >= 0.3 is 0 Å². The molecule has 2 aromatic heterocycles. The first-order valence-corrected chi connectivity index (χ1v) is 10.8. The predicted molar refractivity (Wildman–Crippen MR) is 110 cm³/mol. The van der Waals surface area contributed by atoms with Crippen LogP contribution >= 0.6 is 22.6 Å². The largest absolute Gasteiger partial charge is 0.383 e. The number of fused-ring (bicyclic) bond motifs is 3. The number of piperazine rings is 1. The monoisotopic (exact) mass is 467 g/mol. The Morgan fingerprint density at radius 3 is 2.27 bits per heavy atom. The van der Waals surface area contributed by atoms with Crippen LogP contribution in [0.4, 0.5) is 5.82 Å². The molecule has 0 radical (unpaired) electrons. The highest BCUT2D eigenvalue weighted by Crippen LogP contribution is 2.37. The lowest BCUT2D eigenvalue weighted by Crippen LogP contribution is -2.55. The van der Waals surface area contributed by atoms with Crippen molar-refractivity contribution in [2.24, 2.45) is 0 Å². The fraction of sp³-hybridized carbons (Fsp3) is 0.722. The molecule has 2 atom stereocenters. The molecule has 2 N–H and O–H groups in total. The lowest BCUT2D eigenvalue weighted by atomic mass is 9.89. The Balaban J connectivity index is 1.30. The zero-order chi connectivity index (χ0) is 17.8. The third kappa shape index (κ3) is 2.72. The number of rotatable bonds is 2. The van der Waals surface area contributed by atoms with Crippen LogP contribution in [0, 0.1) is 3.70 Å². The van der Waals surface area contributed by atoms with Crippen molar-refractivity contribution in [3.05, 3.63) is 10.0 Å². The van der Waals surface area contributed by atoms with Crippen LogP contribution in [0.15, 0.2) is 6.33 Å². The number of hydrogen-bond acceptors (Lipinski definition) is 6. The maximum Gasteiger partial charge on any atom is 0.164 e. The molecule has 8 heteroatoms. The molecular formula is C18H26IN7. The van der Waals surface area contributed by atoms with Crippen molar-refractivity contribution in [2.75, 3.05) is 25.9 Å². The van der Waals surface area contributed by atoms with E-state index in [2.05, 4.69) is 54.1 Å². The van der Waals surface area contributed by atoms with Gasteiger partial charge in [0.1, 0.15) is 15.8 Å². The normalized spacial score (nSPS) is 33.2. The van der Waals surface area contributed by atoms with Crippen molar-refractivity contribution in [3.63, 3.8) is 0 Å². The highest BCUT2D eigenvalue weighted by atomic mass is 127. The summed E-state index contributed by atoms with van der Waals surface area (Å²) in [5, 5.41) is 5.66. The second kappa shape index (κ2) is 6.56. The lowest BCUT2D eigenvalue weighted by Gasteiger charge is -2.44. The number of nitrogen functional groups attached to an aromatic ring is 1. The molecule has 4 heterocycles. The van der Waals surface area contributed by atoms with Gasteiger partial charge in [-0.15, -0.1) is 0 Å². The van der Waals surface area contributed by atoms with Gasteiger partial charge in [0.05, 0.1) is 11.4 Å². The molecule has 3 aliphatic rings. The van der Waals surface area contributed by atoms with Crippen LogP contribution in [0.5, 0.6) is 0 Å². The zero-order valence-electron chi connectivity index (χ0n) is 15.2. The Morgan fingerprint density at radius 1 is 0.962 bits per heavy atom. The maximum absolute atomic E-state index is 6.04. The quantitative estimate of drug-likeness (QED) is 0.684. The Hall–Kier alpha value is -1.00. The van der Waals surface area contributed by atoms with Crippen LogP contribution in [0.25, 0.3) is 11.0 Å². The average Bonchev–Trinajstić information content (AvgIpc) is 3.07. The van der Waals surface area contributed by atoms with E-state index in [4.69, 9.17) is 10.8 Å². The van der Waals surface area contributed by atoms with E-state index in [0.717, 1.165) is 32.9 Å². The van der Waals surface area contributed by atoms with Gasteiger partial charge in [0.2, 0.25) is 0 Å². The van der Waals surface area contributed by atoms with Gasteiger partial charge in [0.25, 0.3) is 0 Å². The first-order chi connectivity index (χ1) is 12.6. The third-order valence-electron chi connectivity index (χ3n) is 6.88.